The topological polar surface area (TPSA) is 24.9 Å². The van der Waals surface area contributed by atoms with Crippen LogP contribution < -0.4 is 5.32 Å². The van der Waals surface area contributed by atoms with Crippen LogP contribution in [0.2, 0.25) is 0 Å². The average Bonchev–Trinajstić information content (AvgIpc) is 2.38. The first-order valence-electron chi connectivity index (χ1n) is 6.06. The van der Waals surface area contributed by atoms with Crippen LogP contribution in [0.25, 0.3) is 0 Å². The normalized spacial score (nSPS) is 12.4. The zero-order valence-corrected chi connectivity index (χ0v) is 12.2. The first-order valence-corrected chi connectivity index (χ1v) is 6.85. The van der Waals surface area contributed by atoms with Gasteiger partial charge in [0, 0.05) is 23.3 Å². The molecule has 2 aromatic rings. The van der Waals surface area contributed by atoms with Gasteiger partial charge in [0.05, 0.1) is 5.69 Å². The molecule has 0 saturated carbocycles. The molecule has 94 valence electrons. The smallest absolute Gasteiger partial charge is 0.0570 e. The molecule has 3 heteroatoms. The van der Waals surface area contributed by atoms with Gasteiger partial charge in [-0.15, -0.1) is 0 Å². The molecule has 0 aliphatic heterocycles. The number of nitrogens with one attached hydrogen (secondary N) is 1. The molecule has 0 aliphatic rings. The summed E-state index contributed by atoms with van der Waals surface area (Å²) in [6.45, 7) is 5.06. The Morgan fingerprint density at radius 1 is 1.28 bits per heavy atom. The van der Waals surface area contributed by atoms with Gasteiger partial charge in [0.15, 0.2) is 0 Å². The Bertz CT molecular complexity index is 511. The first kappa shape index (κ1) is 13.2. The number of halogens is 1. The summed E-state index contributed by atoms with van der Waals surface area (Å²) in [6, 6.07) is 12.7. The van der Waals surface area contributed by atoms with Crippen LogP contribution in [-0.2, 0) is 6.54 Å². The van der Waals surface area contributed by atoms with Crippen LogP contribution in [0.5, 0.6) is 0 Å². The highest BCUT2D eigenvalue weighted by Gasteiger charge is 2.06. The fourth-order valence-electron chi connectivity index (χ4n) is 1.80. The van der Waals surface area contributed by atoms with E-state index >= 15 is 0 Å². The van der Waals surface area contributed by atoms with Crippen molar-refractivity contribution < 1.29 is 0 Å². The van der Waals surface area contributed by atoms with E-state index in [2.05, 4.69) is 58.3 Å². The fourth-order valence-corrected chi connectivity index (χ4v) is 2.43. The van der Waals surface area contributed by atoms with E-state index in [0.29, 0.717) is 0 Å². The lowest BCUT2D eigenvalue weighted by molar-refractivity contribution is 0.560. The Labute approximate surface area is 117 Å². The van der Waals surface area contributed by atoms with E-state index in [9.17, 15) is 0 Å². The molecule has 1 atom stereocenters. The summed E-state index contributed by atoms with van der Waals surface area (Å²) in [5.41, 5.74) is 3.60. The number of nitrogens with zero attached hydrogens (tertiary/aromatic N) is 1. The van der Waals surface area contributed by atoms with Crippen LogP contribution in [0, 0.1) is 6.92 Å². The van der Waals surface area contributed by atoms with E-state index in [0.717, 1.165) is 16.7 Å². The molecule has 0 amide bonds. The average molecular weight is 305 g/mol. The van der Waals surface area contributed by atoms with Gasteiger partial charge in [-0.1, -0.05) is 34.1 Å². The largest absolute Gasteiger partial charge is 0.305 e. The molecule has 0 spiro atoms. The Hall–Kier alpha value is -1.19. The van der Waals surface area contributed by atoms with Gasteiger partial charge in [-0.25, -0.2) is 0 Å². The van der Waals surface area contributed by atoms with E-state index < -0.39 is 0 Å². The third-order valence-electron chi connectivity index (χ3n) is 2.94. The Balaban J connectivity index is 1.99. The minimum atomic E-state index is 0.249. The summed E-state index contributed by atoms with van der Waals surface area (Å²) in [5.74, 6) is 0. The molecule has 1 heterocycles. The van der Waals surface area contributed by atoms with Gasteiger partial charge in [-0.2, -0.15) is 0 Å². The highest BCUT2D eigenvalue weighted by Crippen LogP contribution is 2.19. The van der Waals surface area contributed by atoms with E-state index in [1.165, 1.54) is 11.1 Å². The minimum Gasteiger partial charge on any atom is -0.305 e. The summed E-state index contributed by atoms with van der Waals surface area (Å²) in [4.78, 5) is 4.35. The van der Waals surface area contributed by atoms with Crippen molar-refractivity contribution in [3.63, 3.8) is 0 Å². The maximum atomic E-state index is 4.35. The van der Waals surface area contributed by atoms with E-state index in [4.69, 9.17) is 0 Å². The van der Waals surface area contributed by atoms with Crippen LogP contribution in [0.15, 0.2) is 47.1 Å². The van der Waals surface area contributed by atoms with Crippen LogP contribution in [0.3, 0.4) is 0 Å². The third kappa shape index (κ3) is 3.40. The van der Waals surface area contributed by atoms with Crippen LogP contribution in [0.1, 0.15) is 29.8 Å². The lowest BCUT2D eigenvalue weighted by atomic mass is 10.1. The second-order valence-electron chi connectivity index (χ2n) is 4.45. The lowest BCUT2D eigenvalue weighted by Gasteiger charge is -2.14. The summed E-state index contributed by atoms with van der Waals surface area (Å²) in [7, 11) is 0. The predicted octanol–water partition coefficient (Wildman–Crippen LogP) is 4.00. The van der Waals surface area contributed by atoms with Crippen molar-refractivity contribution in [1.82, 2.24) is 10.3 Å². The van der Waals surface area contributed by atoms with Crippen LogP contribution in [-0.4, -0.2) is 4.98 Å². The van der Waals surface area contributed by atoms with Gasteiger partial charge in [0.1, 0.15) is 0 Å². The Morgan fingerprint density at radius 3 is 2.78 bits per heavy atom. The first-order chi connectivity index (χ1) is 8.66. The molecular weight excluding hydrogens is 288 g/mol. The van der Waals surface area contributed by atoms with Crippen LogP contribution >= 0.6 is 15.9 Å². The highest BCUT2D eigenvalue weighted by molar-refractivity contribution is 9.10. The summed E-state index contributed by atoms with van der Waals surface area (Å²) in [6.07, 6.45) is 1.83. The van der Waals surface area contributed by atoms with Gasteiger partial charge < -0.3 is 5.32 Å². The van der Waals surface area contributed by atoms with Crippen molar-refractivity contribution in [1.29, 1.82) is 0 Å². The standard InChI is InChI=1S/C15H17BrN2/c1-11-6-7-13(14(16)9-11)10-18-12(2)15-5-3-4-8-17-15/h3-9,12,18H,10H2,1-2H3. The quantitative estimate of drug-likeness (QED) is 0.923. The SMILES string of the molecule is Cc1ccc(CNC(C)c2ccccn2)c(Br)c1. The molecular formula is C15H17BrN2. The maximum Gasteiger partial charge on any atom is 0.0570 e. The molecule has 2 rings (SSSR count). The van der Waals surface area contributed by atoms with Crippen molar-refractivity contribution in [2.24, 2.45) is 0 Å². The zero-order valence-electron chi connectivity index (χ0n) is 10.7. The number of hydrogen-bond donors (Lipinski definition) is 1. The van der Waals surface area contributed by atoms with Gasteiger partial charge in [0.25, 0.3) is 0 Å². The number of aromatic nitrogens is 1. The molecule has 2 nitrogen and oxygen atoms in total. The van der Waals surface area contributed by atoms with Crippen molar-refractivity contribution in [2.45, 2.75) is 26.4 Å². The molecule has 1 unspecified atom stereocenters. The van der Waals surface area contributed by atoms with Gasteiger partial charge in [-0.3, -0.25) is 4.98 Å². The molecule has 0 aliphatic carbocycles. The van der Waals surface area contributed by atoms with Crippen LogP contribution in [0.4, 0.5) is 0 Å². The van der Waals surface area contributed by atoms with Gasteiger partial charge >= 0.3 is 0 Å². The van der Waals surface area contributed by atoms with Gasteiger partial charge in [-0.05, 0) is 43.2 Å². The molecule has 0 fully saturated rings. The van der Waals surface area contributed by atoms with Crippen molar-refractivity contribution >= 4 is 15.9 Å². The predicted molar refractivity (Wildman–Crippen MR) is 78.4 cm³/mol. The second-order valence-corrected chi connectivity index (χ2v) is 5.31. The monoisotopic (exact) mass is 304 g/mol. The number of pyridine rings is 1. The highest BCUT2D eigenvalue weighted by atomic mass is 79.9. The zero-order chi connectivity index (χ0) is 13.0. The van der Waals surface area contributed by atoms with Crippen molar-refractivity contribution in [2.75, 3.05) is 0 Å². The molecule has 1 aromatic heterocycles. The van der Waals surface area contributed by atoms with E-state index in [1.807, 2.05) is 24.4 Å². The summed E-state index contributed by atoms with van der Waals surface area (Å²) >= 11 is 3.60. The fraction of sp³-hybridized carbons (Fsp3) is 0.267. The summed E-state index contributed by atoms with van der Waals surface area (Å²) in [5, 5.41) is 3.48. The molecule has 1 N–H and O–H groups in total. The van der Waals surface area contributed by atoms with Crippen molar-refractivity contribution in [3.8, 4) is 0 Å². The number of hydrogen-bond acceptors (Lipinski definition) is 2. The Morgan fingerprint density at radius 2 is 2.11 bits per heavy atom. The number of rotatable bonds is 4. The Kier molecular flexibility index (Phi) is 4.50. The van der Waals surface area contributed by atoms with Crippen molar-refractivity contribution in [3.05, 3.63) is 63.9 Å². The number of benzene rings is 1. The molecule has 1 aromatic carbocycles. The summed E-state index contributed by atoms with van der Waals surface area (Å²) < 4.78 is 1.16. The van der Waals surface area contributed by atoms with E-state index in [1.54, 1.807) is 0 Å². The molecule has 0 bridgehead atoms. The van der Waals surface area contributed by atoms with Gasteiger partial charge in [0.2, 0.25) is 0 Å². The molecule has 18 heavy (non-hydrogen) atoms. The van der Waals surface area contributed by atoms with E-state index in [-0.39, 0.29) is 6.04 Å². The minimum absolute atomic E-state index is 0.249. The maximum absolute atomic E-state index is 4.35. The second kappa shape index (κ2) is 6.12. The lowest BCUT2D eigenvalue weighted by Crippen LogP contribution is -2.19. The third-order valence-corrected chi connectivity index (χ3v) is 3.68. The molecule has 0 saturated heterocycles. The molecule has 0 radical (unpaired) electrons. The number of aryl methyl sites for hydroxylation is 1.